The van der Waals surface area contributed by atoms with Crippen molar-refractivity contribution in [3.05, 3.63) is 40.4 Å². The molecule has 0 spiro atoms. The number of aliphatic hydroxyl groups is 1. The van der Waals surface area contributed by atoms with Gasteiger partial charge in [-0.1, -0.05) is 12.1 Å². The SMILES string of the molecule is COc1ccc(C(CO)N(C)Cc2sc(N(C)C)nc2C)cc1. The van der Waals surface area contributed by atoms with Gasteiger partial charge in [0.15, 0.2) is 5.13 Å². The lowest BCUT2D eigenvalue weighted by Crippen LogP contribution is -2.26. The molecular formula is C17H25N3O2S. The van der Waals surface area contributed by atoms with Crippen LogP contribution >= 0.6 is 11.3 Å². The van der Waals surface area contributed by atoms with Crippen LogP contribution in [0.15, 0.2) is 24.3 Å². The quantitative estimate of drug-likeness (QED) is 0.843. The molecule has 1 atom stereocenters. The van der Waals surface area contributed by atoms with Crippen LogP contribution in [0.5, 0.6) is 5.75 Å². The number of ether oxygens (including phenoxy) is 1. The number of likely N-dealkylation sites (N-methyl/N-ethyl adjacent to an activating group) is 1. The zero-order valence-corrected chi connectivity index (χ0v) is 15.2. The highest BCUT2D eigenvalue weighted by Crippen LogP contribution is 2.29. The maximum absolute atomic E-state index is 9.82. The van der Waals surface area contributed by atoms with Crippen molar-refractivity contribution in [2.45, 2.75) is 19.5 Å². The Morgan fingerprint density at radius 1 is 1.22 bits per heavy atom. The number of aliphatic hydroxyl groups excluding tert-OH is 1. The van der Waals surface area contributed by atoms with E-state index in [9.17, 15) is 5.11 Å². The number of benzene rings is 1. The molecule has 0 aliphatic rings. The van der Waals surface area contributed by atoms with Crippen molar-refractivity contribution in [3.63, 3.8) is 0 Å². The van der Waals surface area contributed by atoms with E-state index < -0.39 is 0 Å². The minimum atomic E-state index is -0.0507. The molecule has 1 aromatic heterocycles. The number of nitrogens with zero attached hydrogens (tertiary/aromatic N) is 3. The van der Waals surface area contributed by atoms with Gasteiger partial charge >= 0.3 is 0 Å². The summed E-state index contributed by atoms with van der Waals surface area (Å²) in [5.74, 6) is 0.821. The first kappa shape index (κ1) is 17.7. The van der Waals surface area contributed by atoms with Crippen molar-refractivity contribution in [2.24, 2.45) is 0 Å². The van der Waals surface area contributed by atoms with Gasteiger partial charge < -0.3 is 14.7 Å². The molecule has 0 aliphatic carbocycles. The lowest BCUT2D eigenvalue weighted by Gasteiger charge is -2.26. The van der Waals surface area contributed by atoms with E-state index in [1.807, 2.05) is 57.2 Å². The fourth-order valence-electron chi connectivity index (χ4n) is 2.41. The number of hydrogen-bond donors (Lipinski definition) is 1. The molecule has 1 unspecified atom stereocenters. The molecule has 0 radical (unpaired) electrons. The van der Waals surface area contributed by atoms with Crippen molar-refractivity contribution in [1.82, 2.24) is 9.88 Å². The predicted molar refractivity (Wildman–Crippen MR) is 95.5 cm³/mol. The summed E-state index contributed by atoms with van der Waals surface area (Å²) in [7, 11) is 7.68. The normalized spacial score (nSPS) is 12.5. The van der Waals surface area contributed by atoms with E-state index in [1.54, 1.807) is 18.4 Å². The van der Waals surface area contributed by atoms with Gasteiger partial charge in [0.25, 0.3) is 0 Å². The van der Waals surface area contributed by atoms with E-state index in [0.717, 1.165) is 28.7 Å². The average molecular weight is 335 g/mol. The van der Waals surface area contributed by atoms with Crippen LogP contribution in [0.4, 0.5) is 5.13 Å². The molecule has 0 saturated heterocycles. The van der Waals surface area contributed by atoms with E-state index in [4.69, 9.17) is 4.74 Å². The molecule has 5 nitrogen and oxygen atoms in total. The molecular weight excluding hydrogens is 310 g/mol. The van der Waals surface area contributed by atoms with E-state index in [-0.39, 0.29) is 12.6 Å². The Hall–Kier alpha value is -1.63. The zero-order valence-electron chi connectivity index (χ0n) is 14.4. The van der Waals surface area contributed by atoms with E-state index in [0.29, 0.717) is 0 Å². The topological polar surface area (TPSA) is 48.8 Å². The van der Waals surface area contributed by atoms with Crippen molar-refractivity contribution >= 4 is 16.5 Å². The van der Waals surface area contributed by atoms with Gasteiger partial charge in [0, 0.05) is 25.5 Å². The molecule has 1 aromatic carbocycles. The van der Waals surface area contributed by atoms with Crippen molar-refractivity contribution in [3.8, 4) is 5.75 Å². The molecule has 0 bridgehead atoms. The predicted octanol–water partition coefficient (Wildman–Crippen LogP) is 2.69. The Balaban J connectivity index is 2.14. The number of hydrogen-bond acceptors (Lipinski definition) is 6. The van der Waals surface area contributed by atoms with Gasteiger partial charge in [0.05, 0.1) is 25.5 Å². The summed E-state index contributed by atoms with van der Waals surface area (Å²) in [4.78, 5) is 9.98. The first-order valence-electron chi connectivity index (χ1n) is 7.55. The fraction of sp³-hybridized carbons (Fsp3) is 0.471. The molecule has 0 amide bonds. The summed E-state index contributed by atoms with van der Waals surface area (Å²) in [5.41, 5.74) is 2.13. The molecule has 2 aromatic rings. The van der Waals surface area contributed by atoms with Crippen molar-refractivity contribution in [1.29, 1.82) is 0 Å². The summed E-state index contributed by atoms with van der Waals surface area (Å²) >= 11 is 1.70. The Labute approximate surface area is 142 Å². The van der Waals surface area contributed by atoms with Crippen LogP contribution in [0.3, 0.4) is 0 Å². The maximum atomic E-state index is 9.82. The number of rotatable bonds is 7. The van der Waals surface area contributed by atoms with Crippen LogP contribution in [-0.2, 0) is 6.54 Å². The van der Waals surface area contributed by atoms with Gasteiger partial charge in [0.1, 0.15) is 5.75 Å². The number of methoxy groups -OCH3 is 1. The standard InChI is InChI=1S/C17H25N3O2S/c1-12-16(23-17(18-12)19(2)3)10-20(4)15(11-21)13-6-8-14(22-5)9-7-13/h6-9,15,21H,10-11H2,1-5H3. The fourth-order valence-corrected chi connectivity index (χ4v) is 3.46. The Bertz CT molecular complexity index is 625. The number of aromatic nitrogens is 1. The molecule has 0 saturated carbocycles. The number of aryl methyl sites for hydroxylation is 1. The van der Waals surface area contributed by atoms with Gasteiger partial charge in [-0.3, -0.25) is 4.90 Å². The average Bonchev–Trinajstić information content (AvgIpc) is 2.90. The van der Waals surface area contributed by atoms with E-state index in [2.05, 4.69) is 9.88 Å². The van der Waals surface area contributed by atoms with Crippen LogP contribution in [-0.4, -0.2) is 49.9 Å². The molecule has 1 heterocycles. The molecule has 2 rings (SSSR count). The lowest BCUT2D eigenvalue weighted by atomic mass is 10.1. The van der Waals surface area contributed by atoms with Crippen LogP contribution < -0.4 is 9.64 Å². The minimum Gasteiger partial charge on any atom is -0.497 e. The van der Waals surface area contributed by atoms with Gasteiger partial charge in [-0.15, -0.1) is 11.3 Å². The Morgan fingerprint density at radius 3 is 2.35 bits per heavy atom. The first-order valence-corrected chi connectivity index (χ1v) is 8.36. The zero-order chi connectivity index (χ0) is 17.0. The lowest BCUT2D eigenvalue weighted by molar-refractivity contribution is 0.143. The summed E-state index contributed by atoms with van der Waals surface area (Å²) in [5, 5.41) is 10.8. The molecule has 0 fully saturated rings. The van der Waals surface area contributed by atoms with Gasteiger partial charge in [-0.2, -0.15) is 0 Å². The van der Waals surface area contributed by atoms with Crippen molar-refractivity contribution < 1.29 is 9.84 Å². The second kappa shape index (κ2) is 7.77. The van der Waals surface area contributed by atoms with Crippen LogP contribution in [0.2, 0.25) is 0 Å². The van der Waals surface area contributed by atoms with Crippen LogP contribution in [0, 0.1) is 6.92 Å². The maximum Gasteiger partial charge on any atom is 0.185 e. The largest absolute Gasteiger partial charge is 0.497 e. The molecule has 0 aliphatic heterocycles. The molecule has 6 heteroatoms. The van der Waals surface area contributed by atoms with E-state index in [1.165, 1.54) is 4.88 Å². The first-order chi connectivity index (χ1) is 11.0. The molecule has 23 heavy (non-hydrogen) atoms. The third-order valence-corrected chi connectivity index (χ3v) is 5.17. The molecule has 1 N–H and O–H groups in total. The summed E-state index contributed by atoms with van der Waals surface area (Å²) < 4.78 is 5.19. The van der Waals surface area contributed by atoms with Gasteiger partial charge in [-0.05, 0) is 31.7 Å². The number of anilines is 1. The van der Waals surface area contributed by atoms with Crippen molar-refractivity contribution in [2.75, 3.05) is 39.8 Å². The highest BCUT2D eigenvalue weighted by Gasteiger charge is 2.19. The van der Waals surface area contributed by atoms with E-state index >= 15 is 0 Å². The summed E-state index contributed by atoms with van der Waals surface area (Å²) in [6.07, 6.45) is 0. The van der Waals surface area contributed by atoms with Crippen LogP contribution in [0.25, 0.3) is 0 Å². The smallest absolute Gasteiger partial charge is 0.185 e. The van der Waals surface area contributed by atoms with Crippen LogP contribution in [0.1, 0.15) is 22.2 Å². The Morgan fingerprint density at radius 2 is 1.87 bits per heavy atom. The Kier molecular flexibility index (Phi) is 5.98. The molecule has 126 valence electrons. The third-order valence-electron chi connectivity index (χ3n) is 3.86. The number of thiazole rings is 1. The highest BCUT2D eigenvalue weighted by molar-refractivity contribution is 7.15. The summed E-state index contributed by atoms with van der Waals surface area (Å²) in [6.45, 7) is 2.86. The second-order valence-electron chi connectivity index (χ2n) is 5.79. The van der Waals surface area contributed by atoms with Gasteiger partial charge in [0.2, 0.25) is 0 Å². The summed E-state index contributed by atoms with van der Waals surface area (Å²) in [6, 6.07) is 7.80. The monoisotopic (exact) mass is 335 g/mol. The second-order valence-corrected chi connectivity index (χ2v) is 6.85. The highest BCUT2D eigenvalue weighted by atomic mass is 32.1. The third kappa shape index (κ3) is 4.22. The minimum absolute atomic E-state index is 0.0507. The van der Waals surface area contributed by atoms with Gasteiger partial charge in [-0.25, -0.2) is 4.98 Å².